The predicted octanol–water partition coefficient (Wildman–Crippen LogP) is 3.34. The van der Waals surface area contributed by atoms with E-state index in [2.05, 4.69) is 29.8 Å². The van der Waals surface area contributed by atoms with Gasteiger partial charge in [-0.05, 0) is 48.3 Å². The number of aryl methyl sites for hydroxylation is 1. The largest absolute Gasteiger partial charge is 0.252 e. The van der Waals surface area contributed by atoms with Gasteiger partial charge in [0.15, 0.2) is 0 Å². The fourth-order valence-corrected chi connectivity index (χ4v) is 7.16. The van der Waals surface area contributed by atoms with Crippen molar-refractivity contribution in [3.8, 4) is 0 Å². The summed E-state index contributed by atoms with van der Waals surface area (Å²) in [5.74, 6) is 0.859. The first-order valence-electron chi connectivity index (χ1n) is 5.62. The van der Waals surface area contributed by atoms with Crippen molar-refractivity contribution in [1.29, 1.82) is 0 Å². The molecular formula is C11H16BrNO2S3. The number of hydrogen-bond acceptors (Lipinski definition) is 4. The summed E-state index contributed by atoms with van der Waals surface area (Å²) < 4.78 is 28.0. The van der Waals surface area contributed by atoms with E-state index in [0.717, 1.165) is 15.1 Å². The first-order chi connectivity index (χ1) is 8.22. The van der Waals surface area contributed by atoms with Crippen LogP contribution >= 0.6 is 39.0 Å². The van der Waals surface area contributed by atoms with Crippen LogP contribution in [-0.2, 0) is 10.0 Å². The zero-order chi connectivity index (χ0) is 13.6. The number of hydrogen-bond donors (Lipinski definition) is 0. The molecule has 0 saturated carbocycles. The minimum absolute atomic E-state index is 0.00510. The van der Waals surface area contributed by atoms with Gasteiger partial charge < -0.3 is 0 Å². The number of nitrogens with zero attached hydrogens (tertiary/aromatic N) is 1. The molecule has 0 bridgehead atoms. The lowest BCUT2D eigenvalue weighted by Crippen LogP contribution is -2.45. The van der Waals surface area contributed by atoms with Crippen molar-refractivity contribution in [2.75, 3.05) is 18.8 Å². The molecule has 0 unspecified atom stereocenters. The predicted molar refractivity (Wildman–Crippen MR) is 82.1 cm³/mol. The molecule has 3 nitrogen and oxygen atoms in total. The van der Waals surface area contributed by atoms with Crippen LogP contribution in [0.4, 0.5) is 0 Å². The lowest BCUT2D eigenvalue weighted by Gasteiger charge is -2.36. The Bertz CT molecular complexity index is 531. The molecule has 1 aromatic rings. The van der Waals surface area contributed by atoms with Crippen molar-refractivity contribution in [2.24, 2.45) is 0 Å². The van der Waals surface area contributed by atoms with Gasteiger partial charge >= 0.3 is 0 Å². The second kappa shape index (κ2) is 5.09. The average Bonchev–Trinajstić information content (AvgIpc) is 2.58. The molecule has 0 radical (unpaired) electrons. The van der Waals surface area contributed by atoms with Crippen molar-refractivity contribution in [3.05, 3.63) is 15.4 Å². The van der Waals surface area contributed by atoms with Gasteiger partial charge in [-0.3, -0.25) is 0 Å². The highest BCUT2D eigenvalue weighted by Gasteiger charge is 2.35. The molecule has 2 rings (SSSR count). The minimum atomic E-state index is -3.33. The van der Waals surface area contributed by atoms with Crippen LogP contribution in [0.2, 0.25) is 0 Å². The van der Waals surface area contributed by atoms with Crippen LogP contribution in [0.25, 0.3) is 0 Å². The van der Waals surface area contributed by atoms with Crippen molar-refractivity contribution in [3.63, 3.8) is 0 Å². The summed E-state index contributed by atoms with van der Waals surface area (Å²) >= 11 is 6.51. The summed E-state index contributed by atoms with van der Waals surface area (Å²) in [7, 11) is -3.33. The number of halogens is 1. The lowest BCUT2D eigenvalue weighted by molar-refractivity contribution is 0.388. The Morgan fingerprint density at radius 1 is 1.44 bits per heavy atom. The summed E-state index contributed by atoms with van der Waals surface area (Å²) in [6.45, 7) is 7.28. The highest BCUT2D eigenvalue weighted by atomic mass is 79.9. The molecule has 0 aliphatic carbocycles. The monoisotopic (exact) mass is 369 g/mol. The number of thioether (sulfide) groups is 1. The van der Waals surface area contributed by atoms with Crippen molar-refractivity contribution < 1.29 is 8.42 Å². The third kappa shape index (κ3) is 2.95. The molecule has 7 heteroatoms. The van der Waals surface area contributed by atoms with Gasteiger partial charge in [0, 0.05) is 23.6 Å². The maximum atomic E-state index is 12.5. The number of sulfonamides is 1. The van der Waals surface area contributed by atoms with E-state index in [1.54, 1.807) is 10.4 Å². The van der Waals surface area contributed by atoms with Gasteiger partial charge in [0.2, 0.25) is 0 Å². The molecule has 2 heterocycles. The Kier molecular flexibility index (Phi) is 4.19. The zero-order valence-corrected chi connectivity index (χ0v) is 14.6. The molecule has 1 aliphatic rings. The SMILES string of the molecule is Cc1cc(S(=O)(=O)N2CCSC(C)(C)C2)sc1Br. The summed E-state index contributed by atoms with van der Waals surface area (Å²) in [6.07, 6.45) is 0. The van der Waals surface area contributed by atoms with Crippen LogP contribution in [0.1, 0.15) is 19.4 Å². The van der Waals surface area contributed by atoms with Crippen molar-refractivity contribution in [1.82, 2.24) is 4.31 Å². The van der Waals surface area contributed by atoms with E-state index in [4.69, 9.17) is 0 Å². The van der Waals surface area contributed by atoms with Gasteiger partial charge in [-0.25, -0.2) is 8.42 Å². The van der Waals surface area contributed by atoms with Crippen molar-refractivity contribution in [2.45, 2.75) is 29.7 Å². The van der Waals surface area contributed by atoms with E-state index >= 15 is 0 Å². The van der Waals surface area contributed by atoms with E-state index in [9.17, 15) is 8.42 Å². The smallest absolute Gasteiger partial charge is 0.206 e. The Balaban J connectivity index is 2.31. The van der Waals surface area contributed by atoms with Crippen LogP contribution in [0.3, 0.4) is 0 Å². The molecule has 18 heavy (non-hydrogen) atoms. The number of thiophene rings is 1. The van der Waals surface area contributed by atoms with Gasteiger partial charge in [-0.15, -0.1) is 11.3 Å². The topological polar surface area (TPSA) is 37.4 Å². The molecule has 1 fully saturated rings. The lowest BCUT2D eigenvalue weighted by atomic mass is 10.2. The maximum absolute atomic E-state index is 12.5. The fraction of sp³-hybridized carbons (Fsp3) is 0.636. The van der Waals surface area contributed by atoms with Gasteiger partial charge in [0.05, 0.1) is 3.79 Å². The van der Waals surface area contributed by atoms with E-state index in [0.29, 0.717) is 17.3 Å². The first-order valence-corrected chi connectivity index (χ1v) is 9.66. The van der Waals surface area contributed by atoms with Crippen LogP contribution in [-0.4, -0.2) is 36.3 Å². The van der Waals surface area contributed by atoms with E-state index in [1.807, 2.05) is 18.7 Å². The van der Waals surface area contributed by atoms with E-state index in [1.165, 1.54) is 11.3 Å². The third-order valence-electron chi connectivity index (χ3n) is 2.82. The van der Waals surface area contributed by atoms with Gasteiger partial charge in [-0.1, -0.05) is 0 Å². The number of rotatable bonds is 2. The fourth-order valence-electron chi connectivity index (χ4n) is 1.86. The standard InChI is InChI=1S/C11H16BrNO2S3/c1-8-6-9(17-10(8)12)18(14,15)13-4-5-16-11(2,3)7-13/h6H,4-5,7H2,1-3H3. The zero-order valence-electron chi connectivity index (χ0n) is 10.6. The van der Waals surface area contributed by atoms with E-state index in [-0.39, 0.29) is 4.75 Å². The first kappa shape index (κ1) is 14.8. The van der Waals surface area contributed by atoms with E-state index < -0.39 is 10.0 Å². The maximum Gasteiger partial charge on any atom is 0.252 e. The molecule has 1 aliphatic heterocycles. The molecule has 0 atom stereocenters. The molecule has 102 valence electrons. The Labute approximate surface area is 125 Å². The Hall–Kier alpha value is 0.440. The third-order valence-corrected chi connectivity index (χ3v) is 8.55. The summed E-state index contributed by atoms with van der Waals surface area (Å²) in [4.78, 5) is 0. The molecule has 0 amide bonds. The second-order valence-corrected chi connectivity index (χ2v) is 11.3. The Morgan fingerprint density at radius 3 is 2.61 bits per heavy atom. The van der Waals surface area contributed by atoms with Crippen molar-refractivity contribution >= 4 is 49.1 Å². The molecule has 0 N–H and O–H groups in total. The van der Waals surface area contributed by atoms with Crippen LogP contribution in [0.5, 0.6) is 0 Å². The average molecular weight is 370 g/mol. The van der Waals surface area contributed by atoms with Crippen LogP contribution in [0, 0.1) is 6.92 Å². The molecule has 0 aromatic carbocycles. The summed E-state index contributed by atoms with van der Waals surface area (Å²) in [6, 6.07) is 1.75. The van der Waals surface area contributed by atoms with Gasteiger partial charge in [-0.2, -0.15) is 16.1 Å². The summed E-state index contributed by atoms with van der Waals surface area (Å²) in [5, 5.41) is 0. The minimum Gasteiger partial charge on any atom is -0.206 e. The van der Waals surface area contributed by atoms with Gasteiger partial charge in [0.25, 0.3) is 10.0 Å². The molecule has 1 saturated heterocycles. The van der Waals surface area contributed by atoms with Gasteiger partial charge in [0.1, 0.15) is 4.21 Å². The molecular weight excluding hydrogens is 354 g/mol. The summed E-state index contributed by atoms with van der Waals surface area (Å²) in [5.41, 5.74) is 0.976. The molecule has 0 spiro atoms. The highest BCUT2D eigenvalue weighted by molar-refractivity contribution is 9.11. The van der Waals surface area contributed by atoms with Crippen LogP contribution < -0.4 is 0 Å². The van der Waals surface area contributed by atoms with Crippen LogP contribution in [0.15, 0.2) is 14.1 Å². The quantitative estimate of drug-likeness (QED) is 0.801. The molecule has 1 aromatic heterocycles. The Morgan fingerprint density at radius 2 is 2.11 bits per heavy atom. The normalized spacial score (nSPS) is 21.1. The highest BCUT2D eigenvalue weighted by Crippen LogP contribution is 2.36. The second-order valence-electron chi connectivity index (χ2n) is 4.97.